The van der Waals surface area contributed by atoms with Crippen molar-refractivity contribution in [2.24, 2.45) is 0 Å². The van der Waals surface area contributed by atoms with Crippen LogP contribution >= 0.6 is 0 Å². The molecule has 1 aromatic carbocycles. The molecule has 1 aromatic rings. The van der Waals surface area contributed by atoms with E-state index in [0.29, 0.717) is 0 Å². The molecular formula is C14H14F4. The van der Waals surface area contributed by atoms with Crippen LogP contribution in [0.15, 0.2) is 74.4 Å². The minimum atomic E-state index is -2.91. The van der Waals surface area contributed by atoms with Crippen molar-refractivity contribution in [1.29, 1.82) is 0 Å². The van der Waals surface area contributed by atoms with E-state index in [2.05, 4.69) is 19.7 Å². The molecule has 0 aliphatic heterocycles. The molecule has 0 saturated carbocycles. The molecule has 0 fully saturated rings. The van der Waals surface area contributed by atoms with E-state index in [-0.39, 0.29) is 0 Å². The van der Waals surface area contributed by atoms with Gasteiger partial charge in [0.2, 0.25) is 0 Å². The van der Waals surface area contributed by atoms with Crippen molar-refractivity contribution >= 4 is 6.08 Å². The summed E-state index contributed by atoms with van der Waals surface area (Å²) in [5.41, 5.74) is 1.17. The van der Waals surface area contributed by atoms with Crippen LogP contribution in [-0.2, 0) is 0 Å². The summed E-state index contributed by atoms with van der Waals surface area (Å²) < 4.78 is 41.1. The predicted octanol–water partition coefficient (Wildman–Crippen LogP) is 5.68. The highest BCUT2D eigenvalue weighted by molar-refractivity contribution is 5.45. The van der Waals surface area contributed by atoms with E-state index in [4.69, 9.17) is 0 Å². The molecule has 0 aliphatic carbocycles. The summed E-state index contributed by atoms with van der Waals surface area (Å²) in [6, 6.07) is 10.0. The highest BCUT2D eigenvalue weighted by atomic mass is 19.3. The Kier molecular flexibility index (Phi) is 13.2. The van der Waals surface area contributed by atoms with Crippen LogP contribution in [0.2, 0.25) is 0 Å². The van der Waals surface area contributed by atoms with E-state index >= 15 is 0 Å². The maximum absolute atomic E-state index is 10.3. The Labute approximate surface area is 104 Å². The molecule has 0 N–H and O–H groups in total. The van der Waals surface area contributed by atoms with Gasteiger partial charge >= 0.3 is 12.2 Å². The van der Waals surface area contributed by atoms with Crippen LogP contribution in [-0.4, -0.2) is 0 Å². The molecule has 0 aliphatic rings. The van der Waals surface area contributed by atoms with Crippen LogP contribution in [0.1, 0.15) is 5.56 Å². The first-order valence-electron chi connectivity index (χ1n) is 4.76. The fourth-order valence-corrected chi connectivity index (χ4v) is 0.589. The molecule has 18 heavy (non-hydrogen) atoms. The summed E-state index contributed by atoms with van der Waals surface area (Å²) in [6.45, 7) is 10.4. The molecule has 1 rings (SSSR count). The normalized spacial score (nSPS) is 7.56. The average Bonchev–Trinajstić information content (AvgIpc) is 2.40. The van der Waals surface area contributed by atoms with Gasteiger partial charge in [-0.15, -0.1) is 0 Å². The van der Waals surface area contributed by atoms with Gasteiger partial charge in [-0.2, -0.15) is 17.6 Å². The van der Waals surface area contributed by atoms with Crippen molar-refractivity contribution in [3.63, 3.8) is 0 Å². The number of hydrogen-bond acceptors (Lipinski definition) is 0. The number of hydrogen-bond donors (Lipinski definition) is 0. The van der Waals surface area contributed by atoms with Gasteiger partial charge in [0, 0.05) is 0 Å². The van der Waals surface area contributed by atoms with Gasteiger partial charge in [0.25, 0.3) is 0 Å². The van der Waals surface area contributed by atoms with Gasteiger partial charge in [-0.1, -0.05) is 68.3 Å². The van der Waals surface area contributed by atoms with Gasteiger partial charge in [0.15, 0.2) is 0 Å². The van der Waals surface area contributed by atoms with Crippen LogP contribution in [0.4, 0.5) is 17.6 Å². The lowest BCUT2D eigenvalue weighted by Crippen LogP contribution is -1.63. The standard InChI is InChI=1S/C8H8.C4H6.C2F4/c1-2-8-6-4-3-5-7-8;1-3-4-2;3-1(4)2(5)6/h2-7H,1H2;3-4H,1-2H2;. The predicted molar refractivity (Wildman–Crippen MR) is 68.4 cm³/mol. The second-order valence-electron chi connectivity index (χ2n) is 2.61. The Balaban J connectivity index is 0. The summed E-state index contributed by atoms with van der Waals surface area (Å²) in [6.07, 6.45) is -0.704. The minimum Gasteiger partial charge on any atom is -0.167 e. The van der Waals surface area contributed by atoms with Gasteiger partial charge in [0.05, 0.1) is 0 Å². The summed E-state index contributed by atoms with van der Waals surface area (Å²) in [4.78, 5) is 0. The van der Waals surface area contributed by atoms with Gasteiger partial charge in [-0.25, -0.2) is 0 Å². The Morgan fingerprint density at radius 3 is 1.33 bits per heavy atom. The number of halogens is 4. The van der Waals surface area contributed by atoms with E-state index in [1.54, 1.807) is 12.2 Å². The maximum Gasteiger partial charge on any atom is 0.334 e. The second-order valence-corrected chi connectivity index (χ2v) is 2.61. The van der Waals surface area contributed by atoms with Gasteiger partial charge in [-0.05, 0) is 5.56 Å². The van der Waals surface area contributed by atoms with Crippen LogP contribution in [0.25, 0.3) is 6.08 Å². The van der Waals surface area contributed by atoms with Crippen molar-refractivity contribution in [3.8, 4) is 0 Å². The average molecular weight is 258 g/mol. The SMILES string of the molecule is C=CC=C.C=Cc1ccccc1.FC(F)=C(F)F. The lowest BCUT2D eigenvalue weighted by atomic mass is 10.2. The van der Waals surface area contributed by atoms with Crippen LogP contribution < -0.4 is 0 Å². The Hall–Kier alpha value is -2.10. The molecule has 0 radical (unpaired) electrons. The third-order valence-electron chi connectivity index (χ3n) is 1.34. The lowest BCUT2D eigenvalue weighted by molar-refractivity contribution is 0.308. The molecule has 4 heteroatoms. The minimum absolute atomic E-state index is 1.17. The maximum atomic E-state index is 10.3. The first-order valence-corrected chi connectivity index (χ1v) is 4.76. The quantitative estimate of drug-likeness (QED) is 0.473. The molecule has 0 amide bonds. The van der Waals surface area contributed by atoms with Crippen molar-refractivity contribution in [3.05, 3.63) is 79.9 Å². The highest BCUT2D eigenvalue weighted by Gasteiger charge is 1.98. The fourth-order valence-electron chi connectivity index (χ4n) is 0.589. The van der Waals surface area contributed by atoms with Crippen LogP contribution in [0, 0.1) is 0 Å². The summed E-state index contributed by atoms with van der Waals surface area (Å²) in [5.74, 6) is 0. The lowest BCUT2D eigenvalue weighted by Gasteiger charge is -1.85. The highest BCUT2D eigenvalue weighted by Crippen LogP contribution is 2.08. The van der Waals surface area contributed by atoms with Crippen molar-refractivity contribution < 1.29 is 17.6 Å². The zero-order valence-corrected chi connectivity index (χ0v) is 9.75. The van der Waals surface area contributed by atoms with Crippen molar-refractivity contribution in [1.82, 2.24) is 0 Å². The molecule has 0 aromatic heterocycles. The van der Waals surface area contributed by atoms with Crippen LogP contribution in [0.5, 0.6) is 0 Å². The molecular weight excluding hydrogens is 244 g/mol. The Morgan fingerprint density at radius 2 is 1.17 bits per heavy atom. The van der Waals surface area contributed by atoms with E-state index in [9.17, 15) is 17.6 Å². The van der Waals surface area contributed by atoms with Crippen molar-refractivity contribution in [2.45, 2.75) is 0 Å². The van der Waals surface area contributed by atoms with Gasteiger partial charge in [0.1, 0.15) is 0 Å². The summed E-state index contributed by atoms with van der Waals surface area (Å²) in [7, 11) is 0. The molecule has 0 saturated heterocycles. The summed E-state index contributed by atoms with van der Waals surface area (Å²) in [5, 5.41) is 0. The van der Waals surface area contributed by atoms with Crippen LogP contribution in [0.3, 0.4) is 0 Å². The molecule has 0 bridgehead atoms. The van der Waals surface area contributed by atoms with E-state index in [1.807, 2.05) is 36.4 Å². The largest absolute Gasteiger partial charge is 0.334 e. The monoisotopic (exact) mass is 258 g/mol. The third-order valence-corrected chi connectivity index (χ3v) is 1.34. The molecule has 0 nitrogen and oxygen atoms in total. The number of allylic oxidation sites excluding steroid dienone is 2. The third kappa shape index (κ3) is 13.9. The smallest absolute Gasteiger partial charge is 0.167 e. The Bertz CT molecular complexity index is 356. The first-order chi connectivity index (χ1) is 8.49. The summed E-state index contributed by atoms with van der Waals surface area (Å²) >= 11 is 0. The van der Waals surface area contributed by atoms with E-state index < -0.39 is 12.2 Å². The molecule has 0 spiro atoms. The number of rotatable bonds is 2. The van der Waals surface area contributed by atoms with Gasteiger partial charge < -0.3 is 0 Å². The van der Waals surface area contributed by atoms with E-state index in [1.165, 1.54) is 5.56 Å². The topological polar surface area (TPSA) is 0 Å². The fraction of sp³-hybridized carbons (Fsp3) is 0. The zero-order valence-electron chi connectivity index (χ0n) is 9.75. The molecule has 0 unspecified atom stereocenters. The van der Waals surface area contributed by atoms with Gasteiger partial charge in [-0.3, -0.25) is 0 Å². The Morgan fingerprint density at radius 1 is 0.778 bits per heavy atom. The molecule has 0 atom stereocenters. The van der Waals surface area contributed by atoms with Crippen molar-refractivity contribution in [2.75, 3.05) is 0 Å². The second kappa shape index (κ2) is 13.0. The zero-order chi connectivity index (χ0) is 14.4. The number of benzene rings is 1. The molecule has 0 heterocycles. The first kappa shape index (κ1) is 18.3. The van der Waals surface area contributed by atoms with E-state index in [0.717, 1.165) is 0 Å². The molecule has 98 valence electrons.